The Balaban J connectivity index is 1.42. The topological polar surface area (TPSA) is 49.3 Å². The molecule has 0 aliphatic carbocycles. The summed E-state index contributed by atoms with van der Waals surface area (Å²) >= 11 is 0. The van der Waals surface area contributed by atoms with E-state index in [1.54, 1.807) is 0 Å². The van der Waals surface area contributed by atoms with Crippen molar-refractivity contribution < 1.29 is 9.47 Å². The molecule has 0 aromatic heterocycles. The molecule has 6 nitrogen and oxygen atoms in total. The molecule has 1 aromatic carbocycles. The summed E-state index contributed by atoms with van der Waals surface area (Å²) in [5.41, 5.74) is 1.21. The Morgan fingerprint density at radius 1 is 1.24 bits per heavy atom. The summed E-state index contributed by atoms with van der Waals surface area (Å²) in [4.78, 5) is 9.24. The molecule has 0 saturated carbocycles. The van der Waals surface area contributed by atoms with Crippen LogP contribution in [-0.4, -0.2) is 75.4 Å². The van der Waals surface area contributed by atoms with E-state index in [0.29, 0.717) is 12.6 Å². The maximum absolute atomic E-state index is 6.03. The van der Waals surface area contributed by atoms with Crippen molar-refractivity contribution in [1.82, 2.24) is 15.1 Å². The van der Waals surface area contributed by atoms with Crippen molar-refractivity contribution in [2.24, 2.45) is 10.9 Å². The largest absolute Gasteiger partial charge is 0.492 e. The fourth-order valence-electron chi connectivity index (χ4n) is 4.10. The standard InChI is InChI=1S/C23H38N4O2/c1-19-7-11-27(12-8-19)23(24-2)25-18-20-5-4-6-22(17-20)29-16-13-26(3)21-9-14-28-15-10-21/h4-6,17,19,21H,7-16,18H2,1-3H3,(H,24,25). The van der Waals surface area contributed by atoms with Gasteiger partial charge in [0.05, 0.1) is 0 Å². The molecule has 6 heteroatoms. The number of guanidine groups is 1. The highest BCUT2D eigenvalue weighted by atomic mass is 16.5. The number of hydrogen-bond donors (Lipinski definition) is 1. The second kappa shape index (κ2) is 11.4. The number of piperidine rings is 1. The molecule has 0 radical (unpaired) electrons. The predicted molar refractivity (Wildman–Crippen MR) is 119 cm³/mol. The van der Waals surface area contributed by atoms with Crippen LogP contribution in [0.2, 0.25) is 0 Å². The molecule has 0 amide bonds. The first-order valence-corrected chi connectivity index (χ1v) is 11.1. The van der Waals surface area contributed by atoms with E-state index in [-0.39, 0.29) is 0 Å². The Morgan fingerprint density at radius 3 is 2.72 bits per heavy atom. The van der Waals surface area contributed by atoms with Gasteiger partial charge in [-0.2, -0.15) is 0 Å². The highest BCUT2D eigenvalue weighted by Gasteiger charge is 2.19. The molecular weight excluding hydrogens is 364 g/mol. The van der Waals surface area contributed by atoms with Crippen molar-refractivity contribution in [1.29, 1.82) is 0 Å². The molecule has 162 valence electrons. The summed E-state index contributed by atoms with van der Waals surface area (Å²) in [6, 6.07) is 9.00. The van der Waals surface area contributed by atoms with Gasteiger partial charge in [0.25, 0.3) is 0 Å². The summed E-state index contributed by atoms with van der Waals surface area (Å²) in [6.07, 6.45) is 4.72. The fraction of sp³-hybridized carbons (Fsp3) is 0.696. The number of nitrogens with one attached hydrogen (secondary N) is 1. The number of rotatable bonds is 7. The summed E-state index contributed by atoms with van der Waals surface area (Å²) in [5.74, 6) is 2.76. The van der Waals surface area contributed by atoms with E-state index in [4.69, 9.17) is 9.47 Å². The van der Waals surface area contributed by atoms with E-state index in [9.17, 15) is 0 Å². The molecule has 1 aromatic rings. The number of nitrogens with zero attached hydrogens (tertiary/aromatic N) is 3. The van der Waals surface area contributed by atoms with Crippen molar-refractivity contribution in [3.05, 3.63) is 29.8 Å². The van der Waals surface area contributed by atoms with Crippen LogP contribution in [0.3, 0.4) is 0 Å². The van der Waals surface area contributed by atoms with E-state index < -0.39 is 0 Å². The van der Waals surface area contributed by atoms with E-state index in [0.717, 1.165) is 69.9 Å². The van der Waals surface area contributed by atoms with E-state index in [1.807, 2.05) is 13.1 Å². The van der Waals surface area contributed by atoms with Gasteiger partial charge in [-0.05, 0) is 56.3 Å². The second-order valence-corrected chi connectivity index (χ2v) is 8.39. The predicted octanol–water partition coefficient (Wildman–Crippen LogP) is 2.98. The molecule has 2 aliphatic heterocycles. The number of hydrogen-bond acceptors (Lipinski definition) is 4. The molecule has 2 heterocycles. The van der Waals surface area contributed by atoms with E-state index in [2.05, 4.69) is 52.3 Å². The zero-order valence-electron chi connectivity index (χ0n) is 18.4. The first kappa shape index (κ1) is 21.9. The molecule has 2 fully saturated rings. The Bertz CT molecular complexity index is 638. The van der Waals surface area contributed by atoms with Crippen LogP contribution in [0.15, 0.2) is 29.3 Å². The van der Waals surface area contributed by atoms with Gasteiger partial charge in [-0.1, -0.05) is 19.1 Å². The van der Waals surface area contributed by atoms with Gasteiger partial charge in [0.15, 0.2) is 5.96 Å². The van der Waals surface area contributed by atoms with E-state index >= 15 is 0 Å². The summed E-state index contributed by atoms with van der Waals surface area (Å²) in [7, 11) is 4.06. The number of aliphatic imine (C=N–C) groups is 1. The van der Waals surface area contributed by atoms with Gasteiger partial charge < -0.3 is 19.7 Å². The monoisotopic (exact) mass is 402 g/mol. The van der Waals surface area contributed by atoms with Crippen molar-refractivity contribution in [2.45, 2.75) is 45.2 Å². The van der Waals surface area contributed by atoms with Crippen LogP contribution in [0, 0.1) is 5.92 Å². The molecule has 0 atom stereocenters. The second-order valence-electron chi connectivity index (χ2n) is 8.39. The van der Waals surface area contributed by atoms with Crippen molar-refractivity contribution >= 4 is 5.96 Å². The maximum Gasteiger partial charge on any atom is 0.193 e. The quantitative estimate of drug-likeness (QED) is 0.561. The minimum absolute atomic E-state index is 0.618. The summed E-state index contributed by atoms with van der Waals surface area (Å²) in [6.45, 7) is 8.67. The molecule has 3 rings (SSSR count). The zero-order valence-corrected chi connectivity index (χ0v) is 18.4. The molecule has 2 saturated heterocycles. The van der Waals surface area contributed by atoms with Gasteiger partial charge in [-0.3, -0.25) is 9.89 Å². The Labute approximate surface area is 176 Å². The van der Waals surface area contributed by atoms with Crippen LogP contribution in [0.4, 0.5) is 0 Å². The highest BCUT2D eigenvalue weighted by Crippen LogP contribution is 2.17. The molecule has 0 unspecified atom stereocenters. The minimum Gasteiger partial charge on any atom is -0.492 e. The molecular formula is C23H38N4O2. The number of likely N-dealkylation sites (tertiary alicyclic amines) is 1. The van der Waals surface area contributed by atoms with Crippen molar-refractivity contribution in [3.8, 4) is 5.75 Å². The average molecular weight is 403 g/mol. The summed E-state index contributed by atoms with van der Waals surface area (Å²) < 4.78 is 11.5. The normalized spacial score (nSPS) is 19.6. The lowest BCUT2D eigenvalue weighted by molar-refractivity contribution is 0.0392. The van der Waals surface area contributed by atoms with Gasteiger partial charge in [0, 0.05) is 52.5 Å². The lowest BCUT2D eigenvalue weighted by Gasteiger charge is -2.33. The van der Waals surface area contributed by atoms with E-state index in [1.165, 1.54) is 18.4 Å². The van der Waals surface area contributed by atoms with Gasteiger partial charge in [-0.15, -0.1) is 0 Å². The smallest absolute Gasteiger partial charge is 0.193 e. The van der Waals surface area contributed by atoms with Crippen LogP contribution < -0.4 is 10.1 Å². The van der Waals surface area contributed by atoms with Crippen LogP contribution >= 0.6 is 0 Å². The van der Waals surface area contributed by atoms with Gasteiger partial charge >= 0.3 is 0 Å². The van der Waals surface area contributed by atoms with Crippen molar-refractivity contribution in [2.75, 3.05) is 53.6 Å². The fourth-order valence-corrected chi connectivity index (χ4v) is 4.10. The zero-order chi connectivity index (χ0) is 20.5. The van der Waals surface area contributed by atoms with Gasteiger partial charge in [0.1, 0.15) is 12.4 Å². The molecule has 0 bridgehead atoms. The number of likely N-dealkylation sites (N-methyl/N-ethyl adjacent to an activating group) is 1. The molecule has 2 aliphatic rings. The Kier molecular flexibility index (Phi) is 8.62. The van der Waals surface area contributed by atoms with Crippen LogP contribution in [0.5, 0.6) is 5.75 Å². The van der Waals surface area contributed by atoms with Crippen molar-refractivity contribution in [3.63, 3.8) is 0 Å². The third-order valence-electron chi connectivity index (χ3n) is 6.17. The maximum atomic E-state index is 6.03. The SMILES string of the molecule is CN=C(NCc1cccc(OCCN(C)C2CCOCC2)c1)N1CCC(C)CC1. The molecule has 1 N–H and O–H groups in total. The molecule has 29 heavy (non-hydrogen) atoms. The lowest BCUT2D eigenvalue weighted by Crippen LogP contribution is -2.45. The first-order chi connectivity index (χ1) is 14.2. The number of benzene rings is 1. The Morgan fingerprint density at radius 2 is 2.00 bits per heavy atom. The lowest BCUT2D eigenvalue weighted by atomic mass is 10.00. The van der Waals surface area contributed by atoms with Crippen LogP contribution in [0.1, 0.15) is 38.2 Å². The molecule has 0 spiro atoms. The summed E-state index contributed by atoms with van der Waals surface area (Å²) in [5, 5.41) is 3.52. The first-order valence-electron chi connectivity index (χ1n) is 11.1. The van der Waals surface area contributed by atoms with Gasteiger partial charge in [0.2, 0.25) is 0 Å². The minimum atomic E-state index is 0.618. The average Bonchev–Trinajstić information content (AvgIpc) is 2.76. The Hall–Kier alpha value is -1.79. The third-order valence-corrected chi connectivity index (χ3v) is 6.17. The van der Waals surface area contributed by atoms with Gasteiger partial charge in [-0.25, -0.2) is 0 Å². The number of ether oxygens (including phenoxy) is 2. The van der Waals surface area contributed by atoms with Crippen LogP contribution in [0.25, 0.3) is 0 Å². The highest BCUT2D eigenvalue weighted by molar-refractivity contribution is 5.79. The third kappa shape index (κ3) is 6.89. The van der Waals surface area contributed by atoms with Crippen LogP contribution in [-0.2, 0) is 11.3 Å².